The zero-order chi connectivity index (χ0) is 10.1. The van der Waals surface area contributed by atoms with Gasteiger partial charge in [0.1, 0.15) is 0 Å². The van der Waals surface area contributed by atoms with Crippen molar-refractivity contribution >= 4 is 5.97 Å². The van der Waals surface area contributed by atoms with E-state index < -0.39 is 0 Å². The summed E-state index contributed by atoms with van der Waals surface area (Å²) in [5.74, 6) is 0.731. The smallest absolute Gasteiger partial charge is 0.305 e. The number of unbranched alkanes of at least 4 members (excludes halogenated alkanes) is 2. The van der Waals surface area contributed by atoms with E-state index in [4.69, 9.17) is 4.74 Å². The monoisotopic (exact) mass is 186 g/mol. The second-order valence-electron chi connectivity index (χ2n) is 3.80. The maximum absolute atomic E-state index is 10.9. The van der Waals surface area contributed by atoms with E-state index in [1.807, 2.05) is 6.92 Å². The maximum Gasteiger partial charge on any atom is 0.305 e. The van der Waals surface area contributed by atoms with Gasteiger partial charge < -0.3 is 4.74 Å². The van der Waals surface area contributed by atoms with Crippen LogP contribution in [0.15, 0.2) is 0 Å². The molecule has 0 aromatic carbocycles. The van der Waals surface area contributed by atoms with Crippen molar-refractivity contribution in [1.82, 2.24) is 0 Å². The van der Waals surface area contributed by atoms with Gasteiger partial charge in [0.2, 0.25) is 0 Å². The summed E-state index contributed by atoms with van der Waals surface area (Å²) in [6.45, 7) is 6.80. The fraction of sp³-hybridized carbons (Fsp3) is 0.909. The number of hydrogen-bond acceptors (Lipinski definition) is 2. The zero-order valence-electron chi connectivity index (χ0n) is 9.14. The topological polar surface area (TPSA) is 26.3 Å². The van der Waals surface area contributed by atoms with Crippen molar-refractivity contribution in [3.63, 3.8) is 0 Å². The molecule has 0 saturated heterocycles. The van der Waals surface area contributed by atoms with Crippen molar-refractivity contribution in [3.8, 4) is 0 Å². The second kappa shape index (κ2) is 8.09. The van der Waals surface area contributed by atoms with E-state index in [0.717, 1.165) is 18.8 Å². The molecule has 0 spiro atoms. The summed E-state index contributed by atoms with van der Waals surface area (Å²) < 4.78 is 4.83. The largest absolute Gasteiger partial charge is 0.466 e. The van der Waals surface area contributed by atoms with Gasteiger partial charge in [0.05, 0.1) is 6.61 Å². The molecule has 0 radical (unpaired) electrons. The highest BCUT2D eigenvalue weighted by molar-refractivity contribution is 5.69. The lowest BCUT2D eigenvalue weighted by atomic mass is 10.0. The summed E-state index contributed by atoms with van der Waals surface area (Å²) in [6, 6.07) is 0. The number of rotatable bonds is 7. The number of esters is 1. The molecule has 78 valence electrons. The van der Waals surface area contributed by atoms with Crippen LogP contribution in [0.2, 0.25) is 0 Å². The first-order chi connectivity index (χ1) is 6.16. The first-order valence-corrected chi connectivity index (χ1v) is 5.32. The SMILES string of the molecule is CCOC(=O)CCCCCC(C)C. The van der Waals surface area contributed by atoms with Crippen molar-refractivity contribution in [2.45, 2.75) is 52.9 Å². The molecule has 0 bridgehead atoms. The molecule has 13 heavy (non-hydrogen) atoms. The molecule has 0 aromatic rings. The van der Waals surface area contributed by atoms with Crippen LogP contribution in [-0.4, -0.2) is 12.6 Å². The van der Waals surface area contributed by atoms with Gasteiger partial charge in [-0.3, -0.25) is 4.79 Å². The van der Waals surface area contributed by atoms with E-state index >= 15 is 0 Å². The Morgan fingerprint density at radius 2 is 1.92 bits per heavy atom. The van der Waals surface area contributed by atoms with Crippen LogP contribution >= 0.6 is 0 Å². The fourth-order valence-electron chi connectivity index (χ4n) is 1.23. The predicted molar refractivity (Wildman–Crippen MR) is 54.6 cm³/mol. The lowest BCUT2D eigenvalue weighted by molar-refractivity contribution is -0.143. The summed E-state index contributed by atoms with van der Waals surface area (Å²) in [7, 11) is 0. The molecule has 0 atom stereocenters. The molecule has 0 fully saturated rings. The highest BCUT2D eigenvalue weighted by Gasteiger charge is 2.00. The van der Waals surface area contributed by atoms with Crippen LogP contribution in [0.1, 0.15) is 52.9 Å². The van der Waals surface area contributed by atoms with Crippen molar-refractivity contribution in [3.05, 3.63) is 0 Å². The van der Waals surface area contributed by atoms with Crippen LogP contribution < -0.4 is 0 Å². The molecule has 0 aliphatic heterocycles. The van der Waals surface area contributed by atoms with Gasteiger partial charge in [-0.2, -0.15) is 0 Å². The minimum atomic E-state index is -0.0490. The van der Waals surface area contributed by atoms with E-state index in [2.05, 4.69) is 13.8 Å². The van der Waals surface area contributed by atoms with E-state index in [-0.39, 0.29) is 5.97 Å². The van der Waals surface area contributed by atoms with Gasteiger partial charge in [-0.25, -0.2) is 0 Å². The Bertz CT molecular complexity index is 130. The molecule has 0 unspecified atom stereocenters. The van der Waals surface area contributed by atoms with Crippen molar-refractivity contribution in [2.24, 2.45) is 5.92 Å². The summed E-state index contributed by atoms with van der Waals surface area (Å²) in [4.78, 5) is 10.9. The van der Waals surface area contributed by atoms with Crippen LogP contribution in [0.3, 0.4) is 0 Å². The van der Waals surface area contributed by atoms with Crippen LogP contribution in [-0.2, 0) is 9.53 Å². The lowest BCUT2D eigenvalue weighted by Crippen LogP contribution is -2.03. The fourth-order valence-corrected chi connectivity index (χ4v) is 1.23. The van der Waals surface area contributed by atoms with Gasteiger partial charge in [0.15, 0.2) is 0 Å². The van der Waals surface area contributed by atoms with Gasteiger partial charge >= 0.3 is 5.97 Å². The standard InChI is InChI=1S/C11H22O2/c1-4-13-11(12)9-7-5-6-8-10(2)3/h10H,4-9H2,1-3H3. The van der Waals surface area contributed by atoms with Crippen molar-refractivity contribution in [2.75, 3.05) is 6.61 Å². The molecular formula is C11H22O2. The van der Waals surface area contributed by atoms with E-state index in [1.165, 1.54) is 12.8 Å². The average molecular weight is 186 g/mol. The normalized spacial score (nSPS) is 10.5. The van der Waals surface area contributed by atoms with Crippen molar-refractivity contribution < 1.29 is 9.53 Å². The summed E-state index contributed by atoms with van der Waals surface area (Å²) in [5, 5.41) is 0. The molecule has 2 nitrogen and oxygen atoms in total. The predicted octanol–water partition coefficient (Wildman–Crippen LogP) is 3.16. The molecule has 0 aliphatic rings. The summed E-state index contributed by atoms with van der Waals surface area (Å²) >= 11 is 0. The quantitative estimate of drug-likeness (QED) is 0.451. The first kappa shape index (κ1) is 12.5. The zero-order valence-corrected chi connectivity index (χ0v) is 9.14. The molecule has 0 rings (SSSR count). The van der Waals surface area contributed by atoms with E-state index in [0.29, 0.717) is 13.0 Å². The Kier molecular flexibility index (Phi) is 7.76. The molecule has 0 amide bonds. The highest BCUT2D eigenvalue weighted by Crippen LogP contribution is 2.09. The molecule has 2 heteroatoms. The molecule has 0 saturated carbocycles. The summed E-state index contributed by atoms with van der Waals surface area (Å²) in [6.07, 6.45) is 5.22. The molecule has 0 aliphatic carbocycles. The third kappa shape index (κ3) is 9.38. The van der Waals surface area contributed by atoms with E-state index in [9.17, 15) is 4.79 Å². The van der Waals surface area contributed by atoms with Gasteiger partial charge in [-0.1, -0.05) is 33.1 Å². The lowest BCUT2D eigenvalue weighted by Gasteiger charge is -2.04. The minimum Gasteiger partial charge on any atom is -0.466 e. The first-order valence-electron chi connectivity index (χ1n) is 5.32. The van der Waals surface area contributed by atoms with Gasteiger partial charge in [-0.15, -0.1) is 0 Å². The second-order valence-corrected chi connectivity index (χ2v) is 3.80. The van der Waals surface area contributed by atoms with Gasteiger partial charge in [0.25, 0.3) is 0 Å². The average Bonchev–Trinajstić information content (AvgIpc) is 2.03. The van der Waals surface area contributed by atoms with E-state index in [1.54, 1.807) is 0 Å². The van der Waals surface area contributed by atoms with Crippen LogP contribution in [0.5, 0.6) is 0 Å². The number of hydrogen-bond donors (Lipinski definition) is 0. The third-order valence-corrected chi connectivity index (χ3v) is 1.97. The number of ether oxygens (including phenoxy) is 1. The Morgan fingerprint density at radius 1 is 1.23 bits per heavy atom. The number of carbonyl (C=O) groups excluding carboxylic acids is 1. The Hall–Kier alpha value is -0.530. The van der Waals surface area contributed by atoms with Gasteiger partial charge in [-0.05, 0) is 19.3 Å². The van der Waals surface area contributed by atoms with Crippen LogP contribution in [0.25, 0.3) is 0 Å². The Balaban J connectivity index is 3.11. The third-order valence-electron chi connectivity index (χ3n) is 1.97. The summed E-state index contributed by atoms with van der Waals surface area (Å²) in [5.41, 5.74) is 0. The Labute approximate surface area is 81.7 Å². The van der Waals surface area contributed by atoms with Crippen molar-refractivity contribution in [1.29, 1.82) is 0 Å². The molecule has 0 N–H and O–H groups in total. The minimum absolute atomic E-state index is 0.0490. The molecule has 0 aromatic heterocycles. The molecule has 0 heterocycles. The highest BCUT2D eigenvalue weighted by atomic mass is 16.5. The number of carbonyl (C=O) groups is 1. The maximum atomic E-state index is 10.9. The molecular weight excluding hydrogens is 164 g/mol. The Morgan fingerprint density at radius 3 is 2.46 bits per heavy atom. The van der Waals surface area contributed by atoms with Gasteiger partial charge in [0, 0.05) is 6.42 Å². The van der Waals surface area contributed by atoms with Crippen LogP contribution in [0.4, 0.5) is 0 Å². The van der Waals surface area contributed by atoms with Crippen LogP contribution in [0, 0.1) is 5.92 Å².